The van der Waals surface area contributed by atoms with Crippen molar-refractivity contribution >= 4 is 11.7 Å². The Morgan fingerprint density at radius 2 is 2.12 bits per heavy atom. The van der Waals surface area contributed by atoms with Crippen LogP contribution in [0.2, 0.25) is 0 Å². The molecule has 0 radical (unpaired) electrons. The largest absolute Gasteiger partial charge is 0.476 e. The van der Waals surface area contributed by atoms with Gasteiger partial charge < -0.3 is 15.6 Å². The number of rotatable bonds is 2. The van der Waals surface area contributed by atoms with Crippen LogP contribution in [0.25, 0.3) is 0 Å². The molecule has 1 saturated heterocycles. The van der Waals surface area contributed by atoms with Gasteiger partial charge in [0, 0.05) is 24.8 Å². The molecule has 0 amide bonds. The van der Waals surface area contributed by atoms with Crippen LogP contribution in [0.5, 0.6) is 0 Å². The van der Waals surface area contributed by atoms with Crippen molar-refractivity contribution in [3.8, 4) is 0 Å². The number of aromatic carboxylic acids is 1. The number of carboxylic acid groups (broad SMARTS) is 1. The Morgan fingerprint density at radius 1 is 1.44 bits per heavy atom. The maximum Gasteiger partial charge on any atom is 0.356 e. The van der Waals surface area contributed by atoms with E-state index in [2.05, 4.69) is 4.98 Å². The SMILES string of the molecule is Nc1ccc(C2CCOCC2)nc1C(=O)O. The smallest absolute Gasteiger partial charge is 0.356 e. The first-order valence-corrected chi connectivity index (χ1v) is 5.26. The number of aromatic nitrogens is 1. The summed E-state index contributed by atoms with van der Waals surface area (Å²) in [4.78, 5) is 15.0. The van der Waals surface area contributed by atoms with Crippen molar-refractivity contribution < 1.29 is 14.6 Å². The van der Waals surface area contributed by atoms with Crippen molar-refractivity contribution in [1.82, 2.24) is 4.98 Å². The molecule has 2 heterocycles. The molecule has 1 aliphatic rings. The molecule has 0 aliphatic carbocycles. The molecule has 1 fully saturated rings. The number of nitrogen functional groups attached to an aromatic ring is 1. The van der Waals surface area contributed by atoms with Gasteiger partial charge in [-0.15, -0.1) is 0 Å². The highest BCUT2D eigenvalue weighted by molar-refractivity contribution is 5.91. The van der Waals surface area contributed by atoms with Gasteiger partial charge in [-0.1, -0.05) is 0 Å². The lowest BCUT2D eigenvalue weighted by Crippen LogP contribution is -2.17. The zero-order valence-electron chi connectivity index (χ0n) is 8.85. The van der Waals surface area contributed by atoms with Gasteiger partial charge in [0.25, 0.3) is 0 Å². The topological polar surface area (TPSA) is 85.4 Å². The van der Waals surface area contributed by atoms with E-state index < -0.39 is 5.97 Å². The van der Waals surface area contributed by atoms with Gasteiger partial charge in [-0.05, 0) is 25.0 Å². The summed E-state index contributed by atoms with van der Waals surface area (Å²) in [6.45, 7) is 1.41. The molecule has 0 aromatic carbocycles. The quantitative estimate of drug-likeness (QED) is 0.786. The Bertz CT molecular complexity index is 400. The molecule has 3 N–H and O–H groups in total. The fourth-order valence-electron chi connectivity index (χ4n) is 1.88. The first-order chi connectivity index (χ1) is 7.68. The first-order valence-electron chi connectivity index (χ1n) is 5.26. The van der Waals surface area contributed by atoms with E-state index >= 15 is 0 Å². The molecule has 0 spiro atoms. The lowest BCUT2D eigenvalue weighted by molar-refractivity contribution is 0.0690. The van der Waals surface area contributed by atoms with Gasteiger partial charge in [0.05, 0.1) is 5.69 Å². The number of nitrogens with two attached hydrogens (primary N) is 1. The Morgan fingerprint density at radius 3 is 2.75 bits per heavy atom. The lowest BCUT2D eigenvalue weighted by atomic mass is 9.95. The summed E-state index contributed by atoms with van der Waals surface area (Å²) in [6, 6.07) is 3.42. The Balaban J connectivity index is 2.27. The number of anilines is 1. The van der Waals surface area contributed by atoms with Gasteiger partial charge in [-0.3, -0.25) is 0 Å². The average Bonchev–Trinajstić information content (AvgIpc) is 2.30. The minimum atomic E-state index is -1.08. The second-order valence-corrected chi connectivity index (χ2v) is 3.87. The van der Waals surface area contributed by atoms with Crippen molar-refractivity contribution in [3.05, 3.63) is 23.5 Å². The van der Waals surface area contributed by atoms with E-state index in [1.807, 2.05) is 0 Å². The fourth-order valence-corrected chi connectivity index (χ4v) is 1.88. The first kappa shape index (κ1) is 10.9. The summed E-state index contributed by atoms with van der Waals surface area (Å²) >= 11 is 0. The van der Waals surface area contributed by atoms with E-state index in [1.54, 1.807) is 12.1 Å². The molecular formula is C11H14N2O3. The third-order valence-corrected chi connectivity index (χ3v) is 2.79. The number of nitrogens with zero attached hydrogens (tertiary/aromatic N) is 1. The van der Waals surface area contributed by atoms with Gasteiger partial charge in [0.2, 0.25) is 0 Å². The minimum Gasteiger partial charge on any atom is -0.476 e. The van der Waals surface area contributed by atoms with Crippen molar-refractivity contribution in [1.29, 1.82) is 0 Å². The predicted octanol–water partition coefficient (Wildman–Crippen LogP) is 1.26. The normalized spacial score (nSPS) is 17.2. The van der Waals surface area contributed by atoms with E-state index in [-0.39, 0.29) is 17.3 Å². The van der Waals surface area contributed by atoms with Crippen molar-refractivity contribution in [3.63, 3.8) is 0 Å². The highest BCUT2D eigenvalue weighted by Gasteiger charge is 2.19. The van der Waals surface area contributed by atoms with Crippen molar-refractivity contribution in [2.45, 2.75) is 18.8 Å². The van der Waals surface area contributed by atoms with E-state index in [0.717, 1.165) is 18.5 Å². The van der Waals surface area contributed by atoms with Gasteiger partial charge in [0.1, 0.15) is 0 Å². The number of carboxylic acids is 1. The van der Waals surface area contributed by atoms with Crippen LogP contribution in [-0.2, 0) is 4.74 Å². The molecule has 2 rings (SSSR count). The summed E-state index contributed by atoms with van der Waals surface area (Å²) in [5, 5.41) is 8.92. The highest BCUT2D eigenvalue weighted by atomic mass is 16.5. The van der Waals surface area contributed by atoms with Gasteiger partial charge >= 0.3 is 5.97 Å². The molecule has 16 heavy (non-hydrogen) atoms. The van der Waals surface area contributed by atoms with Crippen LogP contribution in [0.3, 0.4) is 0 Å². The van der Waals surface area contributed by atoms with Crippen LogP contribution < -0.4 is 5.73 Å². The lowest BCUT2D eigenvalue weighted by Gasteiger charge is -2.21. The summed E-state index contributed by atoms with van der Waals surface area (Å²) in [7, 11) is 0. The second kappa shape index (κ2) is 4.49. The monoisotopic (exact) mass is 222 g/mol. The molecule has 0 bridgehead atoms. The average molecular weight is 222 g/mol. The van der Waals surface area contributed by atoms with Crippen LogP contribution in [0, 0.1) is 0 Å². The zero-order chi connectivity index (χ0) is 11.5. The molecule has 0 unspecified atom stereocenters. The summed E-state index contributed by atoms with van der Waals surface area (Å²) in [5.74, 6) is -0.793. The van der Waals surface area contributed by atoms with Gasteiger partial charge in [0.15, 0.2) is 5.69 Å². The third-order valence-electron chi connectivity index (χ3n) is 2.79. The van der Waals surface area contributed by atoms with E-state index in [0.29, 0.717) is 13.2 Å². The number of hydrogen-bond donors (Lipinski definition) is 2. The molecule has 0 atom stereocenters. The number of ether oxygens (including phenoxy) is 1. The molecule has 86 valence electrons. The van der Waals surface area contributed by atoms with E-state index in [1.165, 1.54) is 0 Å². The summed E-state index contributed by atoms with van der Waals surface area (Å²) in [6.07, 6.45) is 1.77. The molecular weight excluding hydrogens is 208 g/mol. The van der Waals surface area contributed by atoms with Crippen LogP contribution >= 0.6 is 0 Å². The maximum absolute atomic E-state index is 10.9. The van der Waals surface area contributed by atoms with Crippen LogP contribution in [-0.4, -0.2) is 29.3 Å². The predicted molar refractivity (Wildman–Crippen MR) is 58.4 cm³/mol. The van der Waals surface area contributed by atoms with Gasteiger partial charge in [-0.25, -0.2) is 9.78 Å². The standard InChI is InChI=1S/C11H14N2O3/c12-8-1-2-9(13-10(8)11(14)15)7-3-5-16-6-4-7/h1-2,7H,3-6,12H2,(H,14,15). The van der Waals surface area contributed by atoms with E-state index in [9.17, 15) is 4.79 Å². The zero-order valence-corrected chi connectivity index (χ0v) is 8.85. The third kappa shape index (κ3) is 2.14. The molecule has 5 heteroatoms. The minimum absolute atomic E-state index is 0.0519. The summed E-state index contributed by atoms with van der Waals surface area (Å²) < 4.78 is 5.25. The van der Waals surface area contributed by atoms with Gasteiger partial charge in [-0.2, -0.15) is 0 Å². The number of hydrogen-bond acceptors (Lipinski definition) is 4. The van der Waals surface area contributed by atoms with Crippen LogP contribution in [0.4, 0.5) is 5.69 Å². The molecule has 0 saturated carbocycles. The van der Waals surface area contributed by atoms with Crippen LogP contribution in [0.1, 0.15) is 34.9 Å². The Kier molecular flexibility index (Phi) is 3.05. The van der Waals surface area contributed by atoms with Crippen LogP contribution in [0.15, 0.2) is 12.1 Å². The Labute approximate surface area is 93.2 Å². The fraction of sp³-hybridized carbons (Fsp3) is 0.455. The van der Waals surface area contributed by atoms with Crippen molar-refractivity contribution in [2.24, 2.45) is 0 Å². The Hall–Kier alpha value is -1.62. The molecule has 5 nitrogen and oxygen atoms in total. The number of pyridine rings is 1. The molecule has 1 aliphatic heterocycles. The highest BCUT2D eigenvalue weighted by Crippen LogP contribution is 2.26. The maximum atomic E-state index is 10.9. The van der Waals surface area contributed by atoms with E-state index in [4.69, 9.17) is 15.6 Å². The molecule has 1 aromatic heterocycles. The van der Waals surface area contributed by atoms with Crippen molar-refractivity contribution in [2.75, 3.05) is 18.9 Å². The summed E-state index contributed by atoms with van der Waals surface area (Å²) in [5.41, 5.74) is 6.51. The second-order valence-electron chi connectivity index (χ2n) is 3.87. The number of carbonyl (C=O) groups is 1. The molecule has 1 aromatic rings.